The molecule has 5 rings (SSSR count). The normalized spacial score (nSPS) is 11.6. The van der Waals surface area contributed by atoms with E-state index in [1.807, 2.05) is 78.9 Å². The third-order valence-corrected chi connectivity index (χ3v) is 6.63. The number of para-hydroxylation sites is 2. The molecule has 0 aliphatic carbocycles. The van der Waals surface area contributed by atoms with E-state index in [4.69, 9.17) is 4.74 Å². The molecule has 0 fully saturated rings. The number of fused-ring (bicyclic) bond motifs is 1. The van der Waals surface area contributed by atoms with Gasteiger partial charge in [-0.2, -0.15) is 4.98 Å². The highest BCUT2D eigenvalue weighted by atomic mass is 16.5. The molecule has 5 aromatic rings. The Labute approximate surface area is 241 Å². The van der Waals surface area contributed by atoms with Gasteiger partial charge in [0.2, 0.25) is 0 Å². The number of aromatic nitrogens is 4. The van der Waals surface area contributed by atoms with E-state index < -0.39 is 30.2 Å². The molecule has 1 atom stereocenters. The van der Waals surface area contributed by atoms with Crippen molar-refractivity contribution < 1.29 is 19.4 Å². The smallest absolute Gasteiger partial charge is 0.407 e. The number of carboxylic acid groups (broad SMARTS) is 1. The molecule has 3 aromatic carbocycles. The van der Waals surface area contributed by atoms with E-state index in [2.05, 4.69) is 25.6 Å². The summed E-state index contributed by atoms with van der Waals surface area (Å²) in [6, 6.07) is 24.0. The van der Waals surface area contributed by atoms with E-state index in [1.165, 1.54) is 4.57 Å². The second-order valence-corrected chi connectivity index (χ2v) is 9.86. The van der Waals surface area contributed by atoms with Crippen LogP contribution in [0.1, 0.15) is 23.1 Å². The Balaban J connectivity index is 1.20. The number of amides is 1. The van der Waals surface area contributed by atoms with E-state index in [-0.39, 0.29) is 13.2 Å². The van der Waals surface area contributed by atoms with Crippen LogP contribution in [0.15, 0.2) is 89.9 Å². The van der Waals surface area contributed by atoms with E-state index in [0.717, 1.165) is 33.5 Å². The second-order valence-electron chi connectivity index (χ2n) is 9.86. The Morgan fingerprint density at radius 2 is 1.71 bits per heavy atom. The van der Waals surface area contributed by atoms with Crippen LogP contribution < -0.4 is 16.3 Å². The molecular weight excluding hydrogens is 536 g/mol. The highest BCUT2D eigenvalue weighted by Crippen LogP contribution is 2.21. The number of aryl methyl sites for hydroxylation is 1. The summed E-state index contributed by atoms with van der Waals surface area (Å²) in [4.78, 5) is 48.6. The number of carboxylic acids is 1. The molecule has 42 heavy (non-hydrogen) atoms. The van der Waals surface area contributed by atoms with Crippen LogP contribution in [0.25, 0.3) is 22.4 Å². The number of hydrogen-bond acceptors (Lipinski definition) is 7. The molecule has 11 heteroatoms. The van der Waals surface area contributed by atoms with Crippen LogP contribution >= 0.6 is 0 Å². The Bertz CT molecular complexity index is 1710. The van der Waals surface area contributed by atoms with Crippen molar-refractivity contribution in [2.75, 3.05) is 5.32 Å². The number of aromatic amines is 1. The highest BCUT2D eigenvalue weighted by molar-refractivity contribution is 5.79. The maximum absolute atomic E-state index is 12.8. The van der Waals surface area contributed by atoms with Crippen LogP contribution in [0.3, 0.4) is 0 Å². The Kier molecular flexibility index (Phi) is 8.57. The van der Waals surface area contributed by atoms with E-state index in [0.29, 0.717) is 17.9 Å². The van der Waals surface area contributed by atoms with Crippen molar-refractivity contribution in [1.82, 2.24) is 24.8 Å². The van der Waals surface area contributed by atoms with Gasteiger partial charge in [-0.25, -0.2) is 14.6 Å². The molecule has 0 saturated carbocycles. The summed E-state index contributed by atoms with van der Waals surface area (Å²) in [5.41, 5.74) is 4.74. The molecule has 11 nitrogen and oxygen atoms in total. The predicted octanol–water partition coefficient (Wildman–Crippen LogP) is 4.48. The SMILES string of the molecule is Cc1cn(CC(CC(=O)O)NC(=O)OCc2ccccc2)c(=O)nc1NCc1ccc(-c2nc3ccccc3[nH]2)cc1. The summed E-state index contributed by atoms with van der Waals surface area (Å²) in [5.74, 6) is 0.0883. The van der Waals surface area contributed by atoms with E-state index in [9.17, 15) is 19.5 Å². The zero-order valence-corrected chi connectivity index (χ0v) is 22.9. The topological polar surface area (TPSA) is 151 Å². The zero-order valence-electron chi connectivity index (χ0n) is 22.9. The number of ether oxygens (including phenoxy) is 1. The lowest BCUT2D eigenvalue weighted by Gasteiger charge is -2.19. The lowest BCUT2D eigenvalue weighted by atomic mass is 10.1. The molecular formula is C31H30N6O5. The van der Waals surface area contributed by atoms with Crippen molar-refractivity contribution in [3.8, 4) is 11.4 Å². The number of rotatable bonds is 11. The largest absolute Gasteiger partial charge is 0.481 e. The van der Waals surface area contributed by atoms with Crippen LogP contribution in [-0.4, -0.2) is 42.7 Å². The van der Waals surface area contributed by atoms with Crippen LogP contribution in [0, 0.1) is 6.92 Å². The molecule has 0 spiro atoms. The molecule has 2 heterocycles. The average molecular weight is 567 g/mol. The minimum Gasteiger partial charge on any atom is -0.481 e. The number of alkyl carbamates (subject to hydrolysis) is 1. The summed E-state index contributed by atoms with van der Waals surface area (Å²) in [6.45, 7) is 2.19. The van der Waals surface area contributed by atoms with Gasteiger partial charge in [-0.1, -0.05) is 66.7 Å². The fourth-order valence-electron chi connectivity index (χ4n) is 4.50. The molecule has 2 aromatic heterocycles. The number of carbonyl (C=O) groups is 2. The molecule has 0 radical (unpaired) electrons. The number of nitrogens with one attached hydrogen (secondary N) is 3. The molecule has 1 amide bonds. The quantitative estimate of drug-likeness (QED) is 0.183. The van der Waals surface area contributed by atoms with Crippen molar-refractivity contribution in [2.24, 2.45) is 0 Å². The van der Waals surface area contributed by atoms with Crippen molar-refractivity contribution in [3.05, 3.63) is 112 Å². The van der Waals surface area contributed by atoms with E-state index in [1.54, 1.807) is 13.1 Å². The summed E-state index contributed by atoms with van der Waals surface area (Å²) in [5, 5.41) is 15.1. The lowest BCUT2D eigenvalue weighted by Crippen LogP contribution is -2.42. The number of anilines is 1. The number of nitrogens with zero attached hydrogens (tertiary/aromatic N) is 3. The Morgan fingerprint density at radius 1 is 0.976 bits per heavy atom. The fourth-order valence-corrected chi connectivity index (χ4v) is 4.50. The van der Waals surface area contributed by atoms with Gasteiger partial charge in [0, 0.05) is 30.4 Å². The number of aliphatic carboxylic acids is 1. The zero-order chi connectivity index (χ0) is 29.5. The van der Waals surface area contributed by atoms with Crippen molar-refractivity contribution in [3.63, 3.8) is 0 Å². The van der Waals surface area contributed by atoms with Crippen LogP contribution in [-0.2, 0) is 29.2 Å². The minimum absolute atomic E-state index is 0.0378. The minimum atomic E-state index is -1.12. The molecule has 0 aliphatic heterocycles. The van der Waals surface area contributed by atoms with Gasteiger partial charge in [0.1, 0.15) is 18.2 Å². The lowest BCUT2D eigenvalue weighted by molar-refractivity contribution is -0.137. The van der Waals surface area contributed by atoms with Gasteiger partial charge in [-0.3, -0.25) is 9.36 Å². The first-order valence-corrected chi connectivity index (χ1v) is 13.4. The third kappa shape index (κ3) is 7.19. The number of benzene rings is 3. The maximum atomic E-state index is 12.8. The molecule has 0 bridgehead atoms. The van der Waals surface area contributed by atoms with Gasteiger partial charge in [0.15, 0.2) is 0 Å². The van der Waals surface area contributed by atoms with Gasteiger partial charge in [-0.05, 0) is 30.2 Å². The van der Waals surface area contributed by atoms with Crippen molar-refractivity contribution in [2.45, 2.75) is 39.1 Å². The Hall–Kier alpha value is -5.45. The number of H-pyrrole nitrogens is 1. The monoisotopic (exact) mass is 566 g/mol. The second kappa shape index (κ2) is 12.8. The summed E-state index contributed by atoms with van der Waals surface area (Å²) in [6.07, 6.45) is 0.428. The summed E-state index contributed by atoms with van der Waals surface area (Å²) in [7, 11) is 0. The number of imidazole rings is 1. The summed E-state index contributed by atoms with van der Waals surface area (Å²) >= 11 is 0. The molecule has 214 valence electrons. The standard InChI is InChI=1S/C31H30N6O5/c1-20-17-37(18-24(15-27(38)39)33-31(41)42-19-22-7-3-2-4-8-22)30(40)36-28(20)32-16-21-11-13-23(14-12-21)29-34-25-9-5-6-10-26(25)35-29/h2-14,17,24H,15-16,18-19H2,1H3,(H,33,41)(H,34,35)(H,38,39)(H,32,36,40). The number of carbonyl (C=O) groups excluding carboxylic acids is 1. The molecule has 0 saturated heterocycles. The fraction of sp³-hybridized carbons (Fsp3) is 0.194. The Morgan fingerprint density at radius 3 is 2.45 bits per heavy atom. The van der Waals surface area contributed by atoms with Crippen molar-refractivity contribution >= 4 is 28.9 Å². The van der Waals surface area contributed by atoms with Crippen LogP contribution in [0.5, 0.6) is 0 Å². The highest BCUT2D eigenvalue weighted by Gasteiger charge is 2.19. The average Bonchev–Trinajstić information content (AvgIpc) is 3.42. The maximum Gasteiger partial charge on any atom is 0.407 e. The predicted molar refractivity (Wildman–Crippen MR) is 158 cm³/mol. The van der Waals surface area contributed by atoms with Crippen LogP contribution in [0.2, 0.25) is 0 Å². The van der Waals surface area contributed by atoms with E-state index >= 15 is 0 Å². The van der Waals surface area contributed by atoms with Gasteiger partial charge >= 0.3 is 17.8 Å². The van der Waals surface area contributed by atoms with Gasteiger partial charge in [0.05, 0.1) is 23.5 Å². The molecule has 1 unspecified atom stereocenters. The first-order chi connectivity index (χ1) is 20.3. The third-order valence-electron chi connectivity index (χ3n) is 6.63. The van der Waals surface area contributed by atoms with Crippen LogP contribution in [0.4, 0.5) is 10.6 Å². The molecule has 0 aliphatic rings. The van der Waals surface area contributed by atoms with Gasteiger partial charge in [0.25, 0.3) is 0 Å². The first-order valence-electron chi connectivity index (χ1n) is 13.4. The first kappa shape index (κ1) is 28.1. The van der Waals surface area contributed by atoms with Gasteiger partial charge < -0.3 is 25.5 Å². The van der Waals surface area contributed by atoms with Crippen molar-refractivity contribution in [1.29, 1.82) is 0 Å². The molecule has 4 N–H and O–H groups in total. The number of hydrogen-bond donors (Lipinski definition) is 4. The summed E-state index contributed by atoms with van der Waals surface area (Å²) < 4.78 is 6.50. The van der Waals surface area contributed by atoms with Gasteiger partial charge in [-0.15, -0.1) is 0 Å².